The number of fused-ring (bicyclic) bond motifs is 3. The fourth-order valence-corrected chi connectivity index (χ4v) is 5.56. The number of amides is 1. The van der Waals surface area contributed by atoms with Gasteiger partial charge in [-0.3, -0.25) is 19.3 Å². The quantitative estimate of drug-likeness (QED) is 0.560. The Morgan fingerprint density at radius 2 is 2.12 bits per heavy atom. The maximum Gasteiger partial charge on any atom is 0.308 e. The largest absolute Gasteiger partial charge is 0.483 e. The molecule has 1 amide bonds. The standard InChI is InChI=1S/C23H25N5O4S/c1-3-31-22(30)14-6-8-16(9-7-14)28-19-20(18(27-28)15-5-4-10-24-11-15)32-12-17-21(19)33-23(26-17)25-13(2)29/h4-5,10-11,14,16H,3,6-9,12H2,1-2H3,(H,25,26,29). The third-order valence-corrected chi connectivity index (χ3v) is 7.03. The van der Waals surface area contributed by atoms with Crippen molar-refractivity contribution in [1.82, 2.24) is 19.7 Å². The number of carbonyl (C=O) groups is 2. The van der Waals surface area contributed by atoms with Gasteiger partial charge in [0.05, 0.1) is 23.4 Å². The zero-order chi connectivity index (χ0) is 22.9. The molecule has 3 aromatic heterocycles. The molecule has 0 bridgehead atoms. The molecule has 33 heavy (non-hydrogen) atoms. The molecule has 0 radical (unpaired) electrons. The van der Waals surface area contributed by atoms with E-state index in [2.05, 4.69) is 15.3 Å². The van der Waals surface area contributed by atoms with Crippen molar-refractivity contribution in [2.24, 2.45) is 5.92 Å². The molecule has 0 aromatic carbocycles. The number of aromatic nitrogens is 4. The fraction of sp³-hybridized carbons (Fsp3) is 0.435. The van der Waals surface area contributed by atoms with Gasteiger partial charge in [0.1, 0.15) is 23.7 Å². The molecule has 4 heterocycles. The molecule has 172 valence electrons. The highest BCUT2D eigenvalue weighted by atomic mass is 32.1. The van der Waals surface area contributed by atoms with Gasteiger partial charge in [-0.25, -0.2) is 4.98 Å². The number of hydrogen-bond acceptors (Lipinski definition) is 8. The topological polar surface area (TPSA) is 108 Å². The van der Waals surface area contributed by atoms with E-state index in [1.54, 1.807) is 12.4 Å². The Kier molecular flexibility index (Phi) is 5.84. The van der Waals surface area contributed by atoms with Gasteiger partial charge in [0.15, 0.2) is 10.9 Å². The maximum atomic E-state index is 12.2. The summed E-state index contributed by atoms with van der Waals surface area (Å²) >= 11 is 1.43. The van der Waals surface area contributed by atoms with Crippen molar-refractivity contribution < 1.29 is 19.1 Å². The van der Waals surface area contributed by atoms with Crippen molar-refractivity contribution in [2.45, 2.75) is 52.2 Å². The summed E-state index contributed by atoms with van der Waals surface area (Å²) in [7, 11) is 0. The number of anilines is 1. The zero-order valence-electron chi connectivity index (χ0n) is 18.5. The Morgan fingerprint density at radius 3 is 2.82 bits per heavy atom. The van der Waals surface area contributed by atoms with E-state index in [9.17, 15) is 9.59 Å². The lowest BCUT2D eigenvalue weighted by atomic mass is 9.86. The van der Waals surface area contributed by atoms with Gasteiger partial charge in [0.2, 0.25) is 5.91 Å². The van der Waals surface area contributed by atoms with Crippen LogP contribution >= 0.6 is 11.3 Å². The minimum atomic E-state index is -0.163. The lowest BCUT2D eigenvalue weighted by Gasteiger charge is -2.28. The van der Waals surface area contributed by atoms with Crippen LogP contribution in [0.5, 0.6) is 5.75 Å². The van der Waals surface area contributed by atoms with Crippen molar-refractivity contribution >= 4 is 28.3 Å². The smallest absolute Gasteiger partial charge is 0.308 e. The van der Waals surface area contributed by atoms with Crippen molar-refractivity contribution in [1.29, 1.82) is 0 Å². The highest BCUT2D eigenvalue weighted by molar-refractivity contribution is 7.19. The number of rotatable bonds is 5. The monoisotopic (exact) mass is 467 g/mol. The summed E-state index contributed by atoms with van der Waals surface area (Å²) in [5.41, 5.74) is 3.28. The van der Waals surface area contributed by atoms with Crippen LogP contribution in [0.25, 0.3) is 21.8 Å². The number of pyridine rings is 1. The molecular weight excluding hydrogens is 442 g/mol. The van der Waals surface area contributed by atoms with Crippen LogP contribution in [0.2, 0.25) is 0 Å². The van der Waals surface area contributed by atoms with Gasteiger partial charge in [-0.05, 0) is 44.7 Å². The Hall–Kier alpha value is -3.27. The lowest BCUT2D eigenvalue weighted by molar-refractivity contribution is -0.149. The third-order valence-electron chi connectivity index (χ3n) is 6.01. The summed E-state index contributed by atoms with van der Waals surface area (Å²) in [6.45, 7) is 4.02. The second kappa shape index (κ2) is 8.93. The Bertz CT molecular complexity index is 1180. The molecule has 1 aliphatic carbocycles. The van der Waals surface area contributed by atoms with E-state index in [0.717, 1.165) is 53.2 Å². The first-order valence-corrected chi connectivity index (χ1v) is 12.0. The van der Waals surface area contributed by atoms with Crippen LogP contribution in [0.3, 0.4) is 0 Å². The molecule has 9 nitrogen and oxygen atoms in total. The summed E-state index contributed by atoms with van der Waals surface area (Å²) in [5, 5.41) is 8.32. The number of esters is 1. The van der Waals surface area contributed by atoms with E-state index >= 15 is 0 Å². The van der Waals surface area contributed by atoms with Crippen LogP contribution in [-0.2, 0) is 20.9 Å². The average Bonchev–Trinajstić information content (AvgIpc) is 3.40. The van der Waals surface area contributed by atoms with Crippen molar-refractivity contribution in [2.75, 3.05) is 11.9 Å². The predicted octanol–water partition coefficient (Wildman–Crippen LogP) is 4.21. The van der Waals surface area contributed by atoms with E-state index < -0.39 is 0 Å². The molecule has 10 heteroatoms. The molecule has 0 unspecified atom stereocenters. The molecule has 1 N–H and O–H groups in total. The number of hydrogen-bond donors (Lipinski definition) is 1. The van der Waals surface area contributed by atoms with Gasteiger partial charge < -0.3 is 14.8 Å². The van der Waals surface area contributed by atoms with Crippen molar-refractivity contribution in [3.8, 4) is 27.6 Å². The van der Waals surface area contributed by atoms with Crippen molar-refractivity contribution in [3.05, 3.63) is 30.2 Å². The van der Waals surface area contributed by atoms with E-state index in [1.807, 2.05) is 23.7 Å². The Morgan fingerprint density at radius 1 is 1.30 bits per heavy atom. The number of ether oxygens (including phenoxy) is 2. The molecule has 5 rings (SSSR count). The number of thiazole rings is 1. The second-order valence-electron chi connectivity index (χ2n) is 8.23. The van der Waals surface area contributed by atoms with Gasteiger partial charge in [-0.15, -0.1) is 0 Å². The molecule has 0 saturated heterocycles. The van der Waals surface area contributed by atoms with Crippen LogP contribution in [0.4, 0.5) is 5.13 Å². The van der Waals surface area contributed by atoms with Gasteiger partial charge in [-0.2, -0.15) is 5.10 Å². The van der Waals surface area contributed by atoms with E-state index in [1.165, 1.54) is 18.3 Å². The Labute approximate surface area is 195 Å². The van der Waals surface area contributed by atoms with Crippen LogP contribution in [0.15, 0.2) is 24.5 Å². The first-order chi connectivity index (χ1) is 16.0. The minimum absolute atomic E-state index is 0.0630. The summed E-state index contributed by atoms with van der Waals surface area (Å²) in [6, 6.07) is 3.96. The Balaban J connectivity index is 1.53. The summed E-state index contributed by atoms with van der Waals surface area (Å²) < 4.78 is 13.4. The van der Waals surface area contributed by atoms with Gasteiger partial charge >= 0.3 is 5.97 Å². The summed E-state index contributed by atoms with van der Waals surface area (Å²) in [4.78, 5) is 33.5. The van der Waals surface area contributed by atoms with E-state index in [0.29, 0.717) is 24.1 Å². The van der Waals surface area contributed by atoms with E-state index in [4.69, 9.17) is 14.6 Å². The van der Waals surface area contributed by atoms with Crippen LogP contribution < -0.4 is 10.1 Å². The second-order valence-corrected chi connectivity index (χ2v) is 9.23. The summed E-state index contributed by atoms with van der Waals surface area (Å²) in [6.07, 6.45) is 6.65. The molecule has 3 aromatic rings. The average molecular weight is 468 g/mol. The highest BCUT2D eigenvalue weighted by Crippen LogP contribution is 2.49. The van der Waals surface area contributed by atoms with Crippen LogP contribution in [0, 0.1) is 5.92 Å². The highest BCUT2D eigenvalue weighted by Gasteiger charge is 2.35. The van der Waals surface area contributed by atoms with Crippen LogP contribution in [-0.4, -0.2) is 38.2 Å². The first-order valence-electron chi connectivity index (χ1n) is 11.1. The molecule has 0 spiro atoms. The first kappa shape index (κ1) is 21.6. The lowest BCUT2D eigenvalue weighted by Crippen LogP contribution is -2.26. The molecule has 1 fully saturated rings. The number of carbonyl (C=O) groups excluding carboxylic acids is 2. The molecule has 0 atom stereocenters. The molecule has 2 aliphatic rings. The van der Waals surface area contributed by atoms with Crippen LogP contribution in [0.1, 0.15) is 51.3 Å². The third kappa shape index (κ3) is 4.10. The van der Waals surface area contributed by atoms with Gasteiger partial charge in [-0.1, -0.05) is 11.3 Å². The van der Waals surface area contributed by atoms with Gasteiger partial charge in [0.25, 0.3) is 0 Å². The number of nitrogens with one attached hydrogen (secondary N) is 1. The normalized spacial score (nSPS) is 19.2. The number of nitrogens with zero attached hydrogens (tertiary/aromatic N) is 4. The molecular formula is C23H25N5O4S. The minimum Gasteiger partial charge on any atom is -0.483 e. The van der Waals surface area contributed by atoms with Gasteiger partial charge in [0, 0.05) is 24.9 Å². The molecule has 1 aliphatic heterocycles. The molecule has 1 saturated carbocycles. The van der Waals surface area contributed by atoms with Crippen molar-refractivity contribution in [3.63, 3.8) is 0 Å². The fourth-order valence-electron chi connectivity index (χ4n) is 4.51. The zero-order valence-corrected chi connectivity index (χ0v) is 19.4. The summed E-state index contributed by atoms with van der Waals surface area (Å²) in [5.74, 6) is 0.375. The predicted molar refractivity (Wildman–Crippen MR) is 123 cm³/mol. The maximum absolute atomic E-state index is 12.2. The SMILES string of the molecule is CCOC(=O)C1CCC(n2nc(-c3cccnc3)c3c2-c2sc(NC(C)=O)nc2CO3)CC1. The van der Waals surface area contributed by atoms with E-state index in [-0.39, 0.29) is 23.8 Å².